The van der Waals surface area contributed by atoms with E-state index in [1.165, 1.54) is 6.08 Å². The zero-order chi connectivity index (χ0) is 25.1. The SMILES string of the molecule is CCOc1cc(/C=C2\C(=O)NC(=O)N(c3ccc(C)cc3)C2=O)cc(I)c1Cc1ccccc1Cl. The molecule has 8 heteroatoms. The zero-order valence-electron chi connectivity index (χ0n) is 19.1. The van der Waals surface area contributed by atoms with Gasteiger partial charge in [0.15, 0.2) is 0 Å². The smallest absolute Gasteiger partial charge is 0.335 e. The molecule has 4 amide bonds. The molecule has 1 aliphatic heterocycles. The topological polar surface area (TPSA) is 75.7 Å². The van der Waals surface area contributed by atoms with Crippen molar-refractivity contribution in [1.29, 1.82) is 0 Å². The van der Waals surface area contributed by atoms with Crippen LogP contribution in [0.1, 0.15) is 29.2 Å². The predicted molar refractivity (Wildman–Crippen MR) is 145 cm³/mol. The van der Waals surface area contributed by atoms with Gasteiger partial charge in [-0.3, -0.25) is 14.9 Å². The molecule has 178 valence electrons. The van der Waals surface area contributed by atoms with E-state index in [0.29, 0.717) is 35.1 Å². The summed E-state index contributed by atoms with van der Waals surface area (Å²) in [7, 11) is 0. The maximum absolute atomic E-state index is 13.2. The van der Waals surface area contributed by atoms with Crippen LogP contribution in [0, 0.1) is 10.5 Å². The Balaban J connectivity index is 1.72. The van der Waals surface area contributed by atoms with Crippen molar-refractivity contribution >= 4 is 63.8 Å². The number of rotatable bonds is 6. The van der Waals surface area contributed by atoms with Gasteiger partial charge < -0.3 is 4.74 Å². The fourth-order valence-corrected chi connectivity index (χ4v) is 4.77. The fourth-order valence-electron chi connectivity index (χ4n) is 3.76. The van der Waals surface area contributed by atoms with Crippen LogP contribution in [0.15, 0.2) is 66.2 Å². The van der Waals surface area contributed by atoms with Crippen LogP contribution in [0.2, 0.25) is 5.02 Å². The molecule has 0 spiro atoms. The number of nitrogens with one attached hydrogen (secondary N) is 1. The summed E-state index contributed by atoms with van der Waals surface area (Å²) in [6, 6.07) is 17.4. The molecule has 0 radical (unpaired) electrons. The van der Waals surface area contributed by atoms with E-state index in [1.54, 1.807) is 30.3 Å². The molecular weight excluding hydrogens is 579 g/mol. The molecule has 0 unspecified atom stereocenters. The van der Waals surface area contributed by atoms with Crippen molar-refractivity contribution in [2.45, 2.75) is 20.3 Å². The molecule has 0 atom stereocenters. The number of urea groups is 1. The zero-order valence-corrected chi connectivity index (χ0v) is 22.0. The molecule has 1 saturated heterocycles. The van der Waals surface area contributed by atoms with Gasteiger partial charge in [-0.05, 0) is 84.0 Å². The van der Waals surface area contributed by atoms with Crippen molar-refractivity contribution in [2.24, 2.45) is 0 Å². The van der Waals surface area contributed by atoms with Crippen LogP contribution in [0.5, 0.6) is 5.75 Å². The predicted octanol–water partition coefficient (Wildman–Crippen LogP) is 5.91. The summed E-state index contributed by atoms with van der Waals surface area (Å²) in [4.78, 5) is 39.2. The van der Waals surface area contributed by atoms with Crippen molar-refractivity contribution in [3.8, 4) is 5.75 Å². The van der Waals surface area contributed by atoms with Crippen molar-refractivity contribution in [2.75, 3.05) is 11.5 Å². The van der Waals surface area contributed by atoms with Crippen LogP contribution < -0.4 is 15.0 Å². The standard InChI is InChI=1S/C27H22ClIN2O4/c1-3-35-24-14-17(13-23(29)20(24)15-18-6-4-5-7-22(18)28)12-21-25(32)30-27(34)31(26(21)33)19-10-8-16(2)9-11-19/h4-14H,3,15H2,1-2H3,(H,30,32,34)/b21-12+. The van der Waals surface area contributed by atoms with Gasteiger partial charge in [-0.15, -0.1) is 0 Å². The minimum atomic E-state index is -0.777. The Hall–Kier alpha value is -3.17. The van der Waals surface area contributed by atoms with Gasteiger partial charge in [-0.1, -0.05) is 47.5 Å². The molecule has 0 aromatic heterocycles. The number of carbonyl (C=O) groups excluding carboxylic acids is 3. The second-order valence-corrected chi connectivity index (χ2v) is 9.54. The maximum Gasteiger partial charge on any atom is 0.335 e. The lowest BCUT2D eigenvalue weighted by atomic mass is 10.0. The Kier molecular flexibility index (Phi) is 7.57. The van der Waals surface area contributed by atoms with Gasteiger partial charge in [0.2, 0.25) is 0 Å². The lowest BCUT2D eigenvalue weighted by Gasteiger charge is -2.26. The average molecular weight is 601 g/mol. The molecule has 6 nitrogen and oxygen atoms in total. The Morgan fingerprint density at radius 2 is 1.77 bits per heavy atom. The first kappa shape index (κ1) is 24.9. The van der Waals surface area contributed by atoms with E-state index in [-0.39, 0.29) is 5.57 Å². The molecule has 35 heavy (non-hydrogen) atoms. The number of benzene rings is 3. The second kappa shape index (κ2) is 10.6. The number of aryl methyl sites for hydroxylation is 1. The van der Waals surface area contributed by atoms with Crippen LogP contribution in [0.3, 0.4) is 0 Å². The van der Waals surface area contributed by atoms with Crippen LogP contribution in [-0.2, 0) is 16.0 Å². The fraction of sp³-hybridized carbons (Fsp3) is 0.148. The van der Waals surface area contributed by atoms with Crippen molar-refractivity contribution in [1.82, 2.24) is 5.32 Å². The highest BCUT2D eigenvalue weighted by Gasteiger charge is 2.36. The molecule has 3 aromatic rings. The third-order valence-electron chi connectivity index (χ3n) is 5.51. The lowest BCUT2D eigenvalue weighted by molar-refractivity contribution is -0.122. The molecular formula is C27H22ClIN2O4. The molecule has 0 saturated carbocycles. The minimum absolute atomic E-state index is 0.137. The van der Waals surface area contributed by atoms with E-state index in [0.717, 1.165) is 25.2 Å². The summed E-state index contributed by atoms with van der Waals surface area (Å²) >= 11 is 8.58. The van der Waals surface area contributed by atoms with Gasteiger partial charge in [0.25, 0.3) is 11.8 Å². The summed E-state index contributed by atoms with van der Waals surface area (Å²) in [6.45, 7) is 4.24. The normalized spacial score (nSPS) is 14.9. The van der Waals surface area contributed by atoms with E-state index in [2.05, 4.69) is 27.9 Å². The van der Waals surface area contributed by atoms with Gasteiger partial charge >= 0.3 is 6.03 Å². The molecule has 1 aliphatic rings. The first-order chi connectivity index (χ1) is 16.8. The Morgan fingerprint density at radius 1 is 1.06 bits per heavy atom. The quantitative estimate of drug-likeness (QED) is 0.217. The van der Waals surface area contributed by atoms with Crippen LogP contribution in [0.25, 0.3) is 6.08 Å². The largest absolute Gasteiger partial charge is 0.494 e. The molecule has 0 bridgehead atoms. The van der Waals surface area contributed by atoms with Crippen molar-refractivity contribution in [3.63, 3.8) is 0 Å². The number of hydrogen-bond acceptors (Lipinski definition) is 4. The number of barbiturate groups is 1. The van der Waals surface area contributed by atoms with Gasteiger partial charge in [-0.2, -0.15) is 0 Å². The van der Waals surface area contributed by atoms with Crippen molar-refractivity contribution < 1.29 is 19.1 Å². The Labute approximate surface area is 222 Å². The molecule has 4 rings (SSSR count). The number of halogens is 2. The minimum Gasteiger partial charge on any atom is -0.494 e. The number of anilines is 1. The van der Waals surface area contributed by atoms with Crippen molar-refractivity contribution in [3.05, 3.63) is 97.1 Å². The molecule has 1 fully saturated rings. The number of nitrogens with zero attached hydrogens (tertiary/aromatic N) is 1. The van der Waals surface area contributed by atoms with Gasteiger partial charge in [0.1, 0.15) is 11.3 Å². The average Bonchev–Trinajstić information content (AvgIpc) is 2.81. The van der Waals surface area contributed by atoms with E-state index < -0.39 is 17.8 Å². The Morgan fingerprint density at radius 3 is 2.46 bits per heavy atom. The highest BCUT2D eigenvalue weighted by Crippen LogP contribution is 2.32. The number of hydrogen-bond donors (Lipinski definition) is 1. The summed E-state index contributed by atoms with van der Waals surface area (Å²) in [5.41, 5.74) is 3.77. The molecule has 1 heterocycles. The molecule has 1 N–H and O–H groups in total. The van der Waals surface area contributed by atoms with Gasteiger partial charge in [0.05, 0.1) is 12.3 Å². The first-order valence-corrected chi connectivity index (χ1v) is 12.4. The monoisotopic (exact) mass is 600 g/mol. The van der Waals surface area contributed by atoms with Gasteiger partial charge in [0, 0.05) is 20.6 Å². The lowest BCUT2D eigenvalue weighted by Crippen LogP contribution is -2.54. The van der Waals surface area contributed by atoms with Gasteiger partial charge in [-0.25, -0.2) is 9.69 Å². The second-order valence-electron chi connectivity index (χ2n) is 7.97. The van der Waals surface area contributed by atoms with Crippen LogP contribution in [0.4, 0.5) is 10.5 Å². The molecule has 3 aromatic carbocycles. The highest BCUT2D eigenvalue weighted by molar-refractivity contribution is 14.1. The van der Waals surface area contributed by atoms with Crippen LogP contribution >= 0.6 is 34.2 Å². The van der Waals surface area contributed by atoms with E-state index in [1.807, 2.05) is 44.2 Å². The summed E-state index contributed by atoms with van der Waals surface area (Å²) in [6.07, 6.45) is 2.05. The highest BCUT2D eigenvalue weighted by atomic mass is 127. The number of ether oxygens (including phenoxy) is 1. The van der Waals surface area contributed by atoms with E-state index in [9.17, 15) is 14.4 Å². The van der Waals surface area contributed by atoms with E-state index in [4.69, 9.17) is 16.3 Å². The summed E-state index contributed by atoms with van der Waals surface area (Å²) in [5, 5.41) is 2.93. The Bertz CT molecular complexity index is 1350. The first-order valence-electron chi connectivity index (χ1n) is 10.9. The van der Waals surface area contributed by atoms with E-state index >= 15 is 0 Å². The number of carbonyl (C=O) groups is 3. The molecule has 0 aliphatic carbocycles. The summed E-state index contributed by atoms with van der Waals surface area (Å²) in [5.74, 6) is -0.784. The third kappa shape index (κ3) is 5.41. The summed E-state index contributed by atoms with van der Waals surface area (Å²) < 4.78 is 6.80. The third-order valence-corrected chi connectivity index (χ3v) is 6.84. The number of amides is 4. The van der Waals surface area contributed by atoms with Crippen LogP contribution in [-0.4, -0.2) is 24.5 Å². The maximum atomic E-state index is 13.2. The number of imide groups is 2.